The van der Waals surface area contributed by atoms with Crippen molar-refractivity contribution in [3.63, 3.8) is 0 Å². The largest absolute Gasteiger partial charge is 0.469 e. The second-order valence-corrected chi connectivity index (χ2v) is 18.0. The number of hydrogen-bond acceptors (Lipinski definition) is 14. The van der Waals surface area contributed by atoms with Crippen molar-refractivity contribution in [3.8, 4) is 214 Å². The van der Waals surface area contributed by atoms with E-state index in [0.29, 0.717) is 37.3 Å². The van der Waals surface area contributed by atoms with Gasteiger partial charge >= 0.3 is 0 Å². The summed E-state index contributed by atoms with van der Waals surface area (Å²) in [5.74, 6) is 78.0. The second-order valence-electron chi connectivity index (χ2n) is 17.2. The number of hydrogen-bond donors (Lipinski definition) is 2. The van der Waals surface area contributed by atoms with Crippen molar-refractivity contribution >= 4 is 64.3 Å². The quantitative estimate of drug-likeness (QED) is 0.0117. The molecule has 456 valence electrons. The molecular formula is C76H52Cl2N10O6. The third-order valence-corrected chi connectivity index (χ3v) is 11.9. The topological polar surface area (TPSA) is 177 Å². The molecular weight excluding hydrogens is 1220 g/mol. The highest BCUT2D eigenvalue weighted by Crippen LogP contribution is 2.31. The van der Waals surface area contributed by atoms with Gasteiger partial charge in [-0.2, -0.15) is 10.2 Å². The highest BCUT2D eigenvalue weighted by atomic mass is 35.5. The van der Waals surface area contributed by atoms with Crippen LogP contribution in [0.3, 0.4) is 0 Å². The van der Waals surface area contributed by atoms with E-state index in [0.717, 1.165) is 38.0 Å². The predicted octanol–water partition coefficient (Wildman–Crippen LogP) is 8.49. The molecule has 0 spiro atoms. The number of azo groups is 2. The fraction of sp³-hybridized carbons (Fsp3) is 0.211. The lowest BCUT2D eigenvalue weighted by Gasteiger charge is -2.22. The molecule has 2 amide bonds. The molecule has 0 fully saturated rings. The number of ketones is 1. The molecule has 94 heavy (non-hydrogen) atoms. The summed E-state index contributed by atoms with van der Waals surface area (Å²) in [6.07, 6.45) is 11.7. The fourth-order valence-corrected chi connectivity index (χ4v) is 6.95. The van der Waals surface area contributed by atoms with Crippen molar-refractivity contribution < 1.29 is 28.7 Å². The Hall–Kier alpha value is -13.2. The Bertz CT molecular complexity index is 4570. The third-order valence-electron chi connectivity index (χ3n) is 11.2. The molecule has 0 bridgehead atoms. The number of anilines is 1. The van der Waals surface area contributed by atoms with Crippen LogP contribution in [0.15, 0.2) is 93.3 Å². The molecule has 16 nitrogen and oxygen atoms in total. The average Bonchev–Trinajstić information content (AvgIpc) is 1.02. The van der Waals surface area contributed by atoms with Crippen LogP contribution in [0, 0.1) is 220 Å². The zero-order valence-corrected chi connectivity index (χ0v) is 53.0. The SMILES string of the molecule is C#CC#CC#CC#CC#CC#CC#CC#CC#CN(CCN(CC)CC)OCc1ccc(N=N/C(=C/OC=N)OCc2cc(Cl)c(NC(=O)C(N=Nc3ccc(C(=O)N(C#CC#CC#CC#CC#CC#CC#CC#CC#C)CCN(CC)CC)cc3)C(C)=O)cc2Cl)cc1. The molecule has 1 atom stereocenters. The summed E-state index contributed by atoms with van der Waals surface area (Å²) >= 11 is 13.3. The van der Waals surface area contributed by atoms with E-state index in [4.69, 9.17) is 55.8 Å². The summed E-state index contributed by atoms with van der Waals surface area (Å²) in [4.78, 5) is 51.7. The van der Waals surface area contributed by atoms with Gasteiger partial charge in [-0.05, 0) is 182 Å². The van der Waals surface area contributed by atoms with E-state index in [1.807, 2.05) is 13.8 Å². The van der Waals surface area contributed by atoms with E-state index >= 15 is 0 Å². The summed E-state index contributed by atoms with van der Waals surface area (Å²) in [6, 6.07) is 20.0. The Morgan fingerprint density at radius 2 is 1.01 bits per heavy atom. The first kappa shape index (κ1) is 75.1. The zero-order chi connectivity index (χ0) is 68.1. The number of likely N-dealkylation sites (N-methyl/N-ethyl adjacent to an activating group) is 2. The number of carbonyl (C=O) groups excluding carboxylic acids is 3. The summed E-state index contributed by atoms with van der Waals surface area (Å²) in [5, 5.41) is 28.2. The van der Waals surface area contributed by atoms with E-state index in [1.54, 1.807) is 24.3 Å². The van der Waals surface area contributed by atoms with Gasteiger partial charge in [0.1, 0.15) is 13.2 Å². The summed E-state index contributed by atoms with van der Waals surface area (Å²) in [7, 11) is 0. The maximum atomic E-state index is 13.7. The summed E-state index contributed by atoms with van der Waals surface area (Å²) < 4.78 is 10.8. The van der Waals surface area contributed by atoms with Crippen LogP contribution >= 0.6 is 23.2 Å². The molecule has 1 unspecified atom stereocenters. The molecule has 0 heterocycles. The summed E-state index contributed by atoms with van der Waals surface area (Å²) in [5.41, 5.74) is 2.21. The first-order valence-corrected chi connectivity index (χ1v) is 28.5. The number of amides is 2. The number of carbonyl (C=O) groups is 3. The van der Waals surface area contributed by atoms with Gasteiger partial charge in [-0.25, -0.2) is 5.06 Å². The van der Waals surface area contributed by atoms with Crippen LogP contribution in [0.25, 0.3) is 0 Å². The Balaban J connectivity index is 1.67. The van der Waals surface area contributed by atoms with E-state index in [9.17, 15) is 14.4 Å². The Labute approximate surface area is 561 Å². The van der Waals surface area contributed by atoms with Crippen molar-refractivity contribution in [2.24, 2.45) is 20.5 Å². The number of nitrogens with one attached hydrogen (secondary N) is 2. The number of terminal acetylenes is 2. The van der Waals surface area contributed by atoms with Gasteiger partial charge in [-0.1, -0.05) is 63.0 Å². The Morgan fingerprint density at radius 3 is 1.48 bits per heavy atom. The molecule has 0 radical (unpaired) electrons. The predicted molar refractivity (Wildman–Crippen MR) is 364 cm³/mol. The lowest BCUT2D eigenvalue weighted by atomic mass is 10.1. The van der Waals surface area contributed by atoms with Gasteiger partial charge in [0, 0.05) is 143 Å². The van der Waals surface area contributed by atoms with Crippen LogP contribution in [0.2, 0.25) is 10.0 Å². The van der Waals surface area contributed by atoms with Gasteiger partial charge in [0.15, 0.2) is 18.4 Å². The zero-order valence-electron chi connectivity index (χ0n) is 51.5. The van der Waals surface area contributed by atoms with Crippen molar-refractivity contribution in [2.45, 2.75) is 53.9 Å². The molecule has 2 N–H and O–H groups in total. The Morgan fingerprint density at radius 1 is 0.564 bits per heavy atom. The van der Waals surface area contributed by atoms with Gasteiger partial charge in [0.25, 0.3) is 17.7 Å². The van der Waals surface area contributed by atoms with Crippen LogP contribution in [-0.4, -0.2) is 102 Å². The van der Waals surface area contributed by atoms with Crippen LogP contribution in [0.5, 0.6) is 0 Å². The van der Waals surface area contributed by atoms with Crippen LogP contribution < -0.4 is 5.32 Å². The molecule has 3 aromatic rings. The van der Waals surface area contributed by atoms with E-state index in [2.05, 4.69) is 251 Å². The van der Waals surface area contributed by atoms with Gasteiger partial charge in [0.05, 0.1) is 28.6 Å². The van der Waals surface area contributed by atoms with Crippen LogP contribution in [0.1, 0.15) is 56.1 Å². The normalized spacial score (nSPS) is 9.24. The fourth-order valence-electron chi connectivity index (χ4n) is 6.50. The second kappa shape index (κ2) is 47.8. The number of nitrogens with zero attached hydrogens (tertiary/aromatic N) is 8. The van der Waals surface area contributed by atoms with E-state index in [1.165, 1.54) is 53.3 Å². The lowest BCUT2D eigenvalue weighted by molar-refractivity contribution is -0.126. The monoisotopic (exact) mass is 1270 g/mol. The molecule has 0 aliphatic heterocycles. The van der Waals surface area contributed by atoms with Gasteiger partial charge < -0.3 is 24.6 Å². The highest BCUT2D eigenvalue weighted by molar-refractivity contribution is 6.36. The molecule has 0 aromatic heterocycles. The maximum absolute atomic E-state index is 13.7. The maximum Gasteiger partial charge on any atom is 0.269 e. The van der Waals surface area contributed by atoms with Gasteiger partial charge in [-0.3, -0.25) is 29.5 Å². The first-order chi connectivity index (χ1) is 45.9. The number of rotatable bonds is 26. The van der Waals surface area contributed by atoms with Crippen LogP contribution in [0.4, 0.5) is 17.1 Å². The van der Waals surface area contributed by atoms with Crippen molar-refractivity contribution in [3.05, 3.63) is 99.5 Å². The Kier molecular flexibility index (Phi) is 38.2. The third kappa shape index (κ3) is 32.7. The van der Waals surface area contributed by atoms with Crippen molar-refractivity contribution in [2.75, 3.05) is 57.7 Å². The smallest absolute Gasteiger partial charge is 0.269 e. The standard InChI is InChI=1S/C76H52Cl2N10O6/c1-8-14-16-18-20-22-24-26-28-30-32-34-36-38-40-42-52-87(56-54-85(10-3)11-4)76(91)66-46-50-69(51-47-66)82-84-74(64(7)89)75(90)80-72-59-70(77)67(58-71(72)78)61-93-73(62-92-63-79)83-81-68-48-44-65(45-49-68)60-94-88(57-55-86(12-5)13-6)53-43-41-39-37-35-33-31-29-27-25-23-21-19-17-15-9-2/h1-2,44-51,58-59,62-63,74,79H,10-13,54-57,60-61H2,3-7H3,(H,80,90)/b73-62-,79-63?,83-81?,84-82?. The molecule has 0 aliphatic rings. The van der Waals surface area contributed by atoms with Crippen molar-refractivity contribution in [1.82, 2.24) is 19.8 Å². The molecule has 3 aromatic carbocycles. The average molecular weight is 1270 g/mol. The summed E-state index contributed by atoms with van der Waals surface area (Å²) in [6.45, 7) is 14.6. The van der Waals surface area contributed by atoms with Crippen molar-refractivity contribution in [1.29, 1.82) is 5.41 Å². The van der Waals surface area contributed by atoms with E-state index in [-0.39, 0.29) is 52.6 Å². The molecule has 3 rings (SSSR count). The number of benzene rings is 3. The molecule has 0 saturated carbocycles. The lowest BCUT2D eigenvalue weighted by Crippen LogP contribution is -2.36. The number of ether oxygens (including phenoxy) is 2. The minimum atomic E-state index is -1.59. The van der Waals surface area contributed by atoms with Crippen LogP contribution in [-0.2, 0) is 37.1 Å². The number of halogens is 2. The highest BCUT2D eigenvalue weighted by Gasteiger charge is 2.25. The molecule has 0 saturated heterocycles. The minimum absolute atomic E-state index is 0.0424. The molecule has 18 heteroatoms. The number of hydroxylamine groups is 2. The first-order valence-electron chi connectivity index (χ1n) is 27.8. The van der Waals surface area contributed by atoms with E-state index < -0.39 is 23.6 Å². The van der Waals surface area contributed by atoms with Gasteiger partial charge in [-0.15, -0.1) is 23.1 Å². The van der Waals surface area contributed by atoms with Gasteiger partial charge in [0.2, 0.25) is 6.04 Å². The molecule has 0 aliphatic carbocycles. The minimum Gasteiger partial charge on any atom is -0.469 e. The number of Topliss-reactive ketones (excluding diaryl/α,β-unsaturated/α-hetero) is 1.